The van der Waals surface area contributed by atoms with Crippen molar-refractivity contribution in [1.29, 1.82) is 0 Å². The van der Waals surface area contributed by atoms with Crippen LogP contribution in [-0.4, -0.2) is 66.4 Å². The minimum absolute atomic E-state index is 0.0856. The van der Waals surface area contributed by atoms with Crippen molar-refractivity contribution in [1.82, 2.24) is 9.80 Å². The third-order valence-corrected chi connectivity index (χ3v) is 10.0. The highest BCUT2D eigenvalue weighted by Gasteiger charge is 2.60. The van der Waals surface area contributed by atoms with Crippen molar-refractivity contribution < 1.29 is 24.1 Å². The summed E-state index contributed by atoms with van der Waals surface area (Å²) in [5.41, 5.74) is 0.357. The molecule has 2 aromatic rings. The van der Waals surface area contributed by atoms with E-state index >= 15 is 0 Å². The first kappa shape index (κ1) is 29.4. The van der Waals surface area contributed by atoms with E-state index in [0.29, 0.717) is 23.3 Å². The van der Waals surface area contributed by atoms with Crippen LogP contribution in [0.25, 0.3) is 0 Å². The van der Waals surface area contributed by atoms with E-state index in [1.807, 2.05) is 41.2 Å². The normalized spacial score (nSPS) is 36.0. The van der Waals surface area contributed by atoms with Crippen LogP contribution in [0.4, 0.5) is 8.78 Å². The van der Waals surface area contributed by atoms with Crippen molar-refractivity contribution in [2.24, 2.45) is 35.5 Å². The van der Waals surface area contributed by atoms with Crippen molar-refractivity contribution in [2.45, 2.75) is 56.7 Å². The van der Waals surface area contributed by atoms with Crippen LogP contribution in [0, 0.1) is 54.1 Å². The molecule has 40 heavy (non-hydrogen) atoms. The number of aryl methyl sites for hydroxylation is 1. The number of aromatic hydroxyl groups is 1. The average Bonchev–Trinajstić information content (AvgIpc) is 3.76. The standard InChI is InChI=1S/C17H24FNO.C16H22FNO2/c1-11-6-14(9-15(18)7-11)17(20)13(10-19(2)3)5-4-12-8-16(12)17;1-18(2)9-11-4-3-10-5-15(10)16(11,20)12-6-13(17)8-14(19)7-12/h6-7,9,12-13,16,20H,4-5,8,10H2,1-3H3;6-8,10-11,15,19-20H,3-5,9H2,1-2H3/t12-,13-,16+,17-;10-,11-,15+,16-/m11/s1. The van der Waals surface area contributed by atoms with Crippen molar-refractivity contribution >= 4 is 0 Å². The van der Waals surface area contributed by atoms with Crippen LogP contribution in [0.1, 0.15) is 55.2 Å². The topological polar surface area (TPSA) is 67.2 Å². The smallest absolute Gasteiger partial charge is 0.127 e. The molecule has 0 saturated heterocycles. The number of fused-ring (bicyclic) bond motifs is 2. The molecule has 5 nitrogen and oxygen atoms in total. The molecule has 8 atom stereocenters. The first-order valence-corrected chi connectivity index (χ1v) is 14.8. The Morgan fingerprint density at radius 1 is 0.700 bits per heavy atom. The largest absolute Gasteiger partial charge is 0.508 e. The molecule has 220 valence electrons. The molecule has 3 N–H and O–H groups in total. The zero-order valence-corrected chi connectivity index (χ0v) is 24.6. The lowest BCUT2D eigenvalue weighted by atomic mass is 9.70. The molecule has 0 unspecified atom stereocenters. The summed E-state index contributed by atoms with van der Waals surface area (Å²) in [5, 5.41) is 32.4. The second kappa shape index (κ2) is 11.0. The predicted molar refractivity (Wildman–Crippen MR) is 153 cm³/mol. The monoisotopic (exact) mass is 556 g/mol. The molecule has 0 bridgehead atoms. The molecule has 0 radical (unpaired) electrons. The number of halogens is 2. The van der Waals surface area contributed by atoms with Crippen LogP contribution in [0.15, 0.2) is 36.4 Å². The molecule has 2 aromatic carbocycles. The van der Waals surface area contributed by atoms with Crippen molar-refractivity contribution in [3.05, 3.63) is 64.7 Å². The van der Waals surface area contributed by atoms with Gasteiger partial charge in [0.15, 0.2) is 0 Å². The van der Waals surface area contributed by atoms with Gasteiger partial charge in [0.2, 0.25) is 0 Å². The second-order valence-corrected chi connectivity index (χ2v) is 13.6. The molecule has 0 amide bonds. The fourth-order valence-corrected chi connectivity index (χ4v) is 8.10. The molecule has 4 fully saturated rings. The zero-order chi connectivity index (χ0) is 29.0. The average molecular weight is 557 g/mol. The van der Waals surface area contributed by atoms with E-state index in [4.69, 9.17) is 0 Å². The Morgan fingerprint density at radius 2 is 1.15 bits per heavy atom. The van der Waals surface area contributed by atoms with Crippen LogP contribution in [0.5, 0.6) is 5.75 Å². The highest BCUT2D eigenvalue weighted by molar-refractivity contribution is 5.36. The Morgan fingerprint density at radius 3 is 1.57 bits per heavy atom. The zero-order valence-electron chi connectivity index (χ0n) is 24.6. The summed E-state index contributed by atoms with van der Waals surface area (Å²) >= 11 is 0. The van der Waals surface area contributed by atoms with E-state index in [9.17, 15) is 24.1 Å². The van der Waals surface area contributed by atoms with Crippen LogP contribution >= 0.6 is 0 Å². The number of benzene rings is 2. The molecule has 0 aliphatic heterocycles. The predicted octanol–water partition coefficient (Wildman–Crippen LogP) is 5.26. The van der Waals surface area contributed by atoms with Crippen LogP contribution in [0.2, 0.25) is 0 Å². The van der Waals surface area contributed by atoms with E-state index in [1.165, 1.54) is 30.7 Å². The summed E-state index contributed by atoms with van der Waals surface area (Å²) in [6, 6.07) is 9.01. The van der Waals surface area contributed by atoms with Gasteiger partial charge < -0.3 is 25.1 Å². The Bertz CT molecular complexity index is 1090. The third-order valence-electron chi connectivity index (χ3n) is 10.0. The van der Waals surface area contributed by atoms with Gasteiger partial charge in [-0.1, -0.05) is 6.07 Å². The molecule has 0 spiro atoms. The number of hydrogen-bond donors (Lipinski definition) is 3. The lowest BCUT2D eigenvalue weighted by Crippen LogP contribution is -2.45. The van der Waals surface area contributed by atoms with Gasteiger partial charge >= 0.3 is 0 Å². The summed E-state index contributed by atoms with van der Waals surface area (Å²) in [7, 11) is 8.05. The highest BCUT2D eigenvalue weighted by Crippen LogP contribution is 2.62. The molecule has 0 aromatic heterocycles. The van der Waals surface area contributed by atoms with Gasteiger partial charge in [0.05, 0.1) is 11.2 Å². The highest BCUT2D eigenvalue weighted by atomic mass is 19.1. The summed E-state index contributed by atoms with van der Waals surface area (Å²) in [6.45, 7) is 3.52. The number of nitrogens with zero attached hydrogens (tertiary/aromatic N) is 2. The lowest BCUT2D eigenvalue weighted by Gasteiger charge is -2.42. The second-order valence-electron chi connectivity index (χ2n) is 13.6. The van der Waals surface area contributed by atoms with Crippen LogP contribution in [-0.2, 0) is 11.2 Å². The van der Waals surface area contributed by atoms with E-state index in [2.05, 4.69) is 9.80 Å². The number of aliphatic hydroxyl groups is 2. The molecule has 0 heterocycles. The van der Waals surface area contributed by atoms with Gasteiger partial charge in [-0.15, -0.1) is 0 Å². The van der Waals surface area contributed by atoms with Gasteiger partial charge in [0.1, 0.15) is 17.4 Å². The quantitative estimate of drug-likeness (QED) is 0.453. The summed E-state index contributed by atoms with van der Waals surface area (Å²) in [4.78, 5) is 4.20. The number of phenols is 1. The Balaban J connectivity index is 0.000000161. The molecule has 6 rings (SSSR count). The van der Waals surface area contributed by atoms with Gasteiger partial charge in [0, 0.05) is 31.0 Å². The SMILES string of the molecule is CN(C)C[C@H]1CC[C@@H]2C[C@@H]2[C@]1(O)c1cc(O)cc(F)c1.Cc1cc(F)cc([C@]2(O)[C@@H](CN(C)C)CC[C@@H]3C[C@@H]32)c1. The third kappa shape index (κ3) is 5.67. The maximum atomic E-state index is 13.8. The van der Waals surface area contributed by atoms with Gasteiger partial charge in [-0.05, 0) is 138 Å². The fraction of sp³-hybridized carbons (Fsp3) is 0.636. The number of rotatable bonds is 6. The van der Waals surface area contributed by atoms with E-state index in [-0.39, 0.29) is 29.3 Å². The van der Waals surface area contributed by atoms with Crippen LogP contribution < -0.4 is 0 Å². The van der Waals surface area contributed by atoms with E-state index in [0.717, 1.165) is 62.4 Å². The van der Waals surface area contributed by atoms with E-state index in [1.54, 1.807) is 0 Å². The molecule has 7 heteroatoms. The molecule has 4 saturated carbocycles. The molecular formula is C33H46F2N2O3. The molecule has 4 aliphatic rings. The fourth-order valence-electron chi connectivity index (χ4n) is 8.10. The first-order valence-electron chi connectivity index (χ1n) is 14.8. The first-order chi connectivity index (χ1) is 18.8. The van der Waals surface area contributed by atoms with Crippen LogP contribution in [0.3, 0.4) is 0 Å². The van der Waals surface area contributed by atoms with E-state index < -0.39 is 17.0 Å². The Hall–Kier alpha value is -2.06. The van der Waals surface area contributed by atoms with Gasteiger partial charge in [-0.25, -0.2) is 8.78 Å². The van der Waals surface area contributed by atoms with Gasteiger partial charge in [-0.2, -0.15) is 0 Å². The number of phenolic OH excluding ortho intramolecular Hbond substituents is 1. The number of hydrogen-bond acceptors (Lipinski definition) is 5. The summed E-state index contributed by atoms with van der Waals surface area (Å²) < 4.78 is 27.4. The summed E-state index contributed by atoms with van der Waals surface area (Å²) in [6.07, 6.45) is 6.44. The van der Waals surface area contributed by atoms with Crippen molar-refractivity contribution in [3.8, 4) is 5.75 Å². The van der Waals surface area contributed by atoms with Gasteiger partial charge in [-0.3, -0.25) is 0 Å². The van der Waals surface area contributed by atoms with Crippen molar-refractivity contribution in [3.63, 3.8) is 0 Å². The minimum atomic E-state index is -1.01. The Labute approximate surface area is 237 Å². The molecule has 4 aliphatic carbocycles. The summed E-state index contributed by atoms with van der Waals surface area (Å²) in [5.74, 6) is 1.18. The molecular weight excluding hydrogens is 510 g/mol. The van der Waals surface area contributed by atoms with Crippen molar-refractivity contribution in [2.75, 3.05) is 41.3 Å². The Kier molecular flexibility index (Phi) is 8.07. The maximum absolute atomic E-state index is 13.8. The van der Waals surface area contributed by atoms with Gasteiger partial charge in [0.25, 0.3) is 0 Å². The maximum Gasteiger partial charge on any atom is 0.127 e. The lowest BCUT2D eigenvalue weighted by molar-refractivity contribution is -0.0754. The minimum Gasteiger partial charge on any atom is -0.508 e.